The minimum Gasteiger partial charge on any atom is -0.497 e. The molecule has 0 aliphatic heterocycles. The van der Waals surface area contributed by atoms with E-state index >= 15 is 0 Å². The van der Waals surface area contributed by atoms with Gasteiger partial charge in [0.25, 0.3) is 0 Å². The summed E-state index contributed by atoms with van der Waals surface area (Å²) in [6, 6.07) is 7.83. The number of ether oxygens (including phenoxy) is 2. The first-order chi connectivity index (χ1) is 12.2. The van der Waals surface area contributed by atoms with Crippen molar-refractivity contribution in [3.63, 3.8) is 0 Å². The van der Waals surface area contributed by atoms with E-state index in [1.807, 2.05) is 29.6 Å². The highest BCUT2D eigenvalue weighted by Gasteiger charge is 2.40. The van der Waals surface area contributed by atoms with E-state index in [-0.39, 0.29) is 12.6 Å². The van der Waals surface area contributed by atoms with E-state index in [0.717, 1.165) is 33.9 Å². The zero-order valence-corrected chi connectivity index (χ0v) is 15.3. The highest BCUT2D eigenvalue weighted by atomic mass is 32.1. The second-order valence-electron chi connectivity index (χ2n) is 7.18. The number of hydrogen-bond acceptors (Lipinski definition) is 5. The number of aromatic nitrogens is 1. The lowest BCUT2D eigenvalue weighted by Crippen LogP contribution is -2.17. The monoisotopic (exact) mass is 357 g/mol. The normalized spacial score (nSPS) is 24.4. The van der Waals surface area contributed by atoms with Crippen LogP contribution < -0.4 is 4.74 Å². The maximum absolute atomic E-state index is 12.1. The van der Waals surface area contributed by atoms with Crippen molar-refractivity contribution in [2.75, 3.05) is 7.11 Å². The number of nitrogens with zero attached hydrogens (tertiary/aromatic N) is 1. The summed E-state index contributed by atoms with van der Waals surface area (Å²) in [5, 5.41) is 2.87. The van der Waals surface area contributed by atoms with Gasteiger partial charge in [-0.05, 0) is 49.1 Å². The summed E-state index contributed by atoms with van der Waals surface area (Å²) in [7, 11) is 1.65. The highest BCUT2D eigenvalue weighted by Crippen LogP contribution is 2.49. The predicted octanol–water partition coefficient (Wildman–Crippen LogP) is 4.69. The number of carbonyl (C=O) groups excluding carboxylic acids is 1. The Hall–Kier alpha value is -1.88. The second kappa shape index (κ2) is 7.16. The molecule has 1 aromatic heterocycles. The second-order valence-corrected chi connectivity index (χ2v) is 8.03. The zero-order valence-electron chi connectivity index (χ0n) is 14.4. The molecule has 0 unspecified atom stereocenters. The van der Waals surface area contributed by atoms with Crippen molar-refractivity contribution in [3.05, 3.63) is 35.3 Å². The van der Waals surface area contributed by atoms with Crippen molar-refractivity contribution in [1.82, 2.24) is 4.98 Å². The summed E-state index contributed by atoms with van der Waals surface area (Å²) in [4.78, 5) is 16.7. The summed E-state index contributed by atoms with van der Waals surface area (Å²) in [6.07, 6.45) is 5.79. The molecule has 1 heterocycles. The molecule has 0 spiro atoms. The van der Waals surface area contributed by atoms with Gasteiger partial charge in [0.15, 0.2) is 0 Å². The summed E-state index contributed by atoms with van der Waals surface area (Å²) >= 11 is 1.56. The molecule has 2 aliphatic rings. The van der Waals surface area contributed by atoms with Crippen LogP contribution in [0.2, 0.25) is 0 Å². The molecule has 0 radical (unpaired) electrons. The molecule has 2 aliphatic carbocycles. The SMILES string of the molecule is COc1cccc(-c2nc(COC(=O)C[C@@H]3C[C@@H]4CC[C@@H]3C4)cs2)c1. The lowest BCUT2D eigenvalue weighted by Gasteiger charge is -2.20. The minimum atomic E-state index is -0.0755. The fourth-order valence-electron chi connectivity index (χ4n) is 4.32. The summed E-state index contributed by atoms with van der Waals surface area (Å²) in [5.41, 5.74) is 1.83. The lowest BCUT2D eigenvalue weighted by atomic mass is 9.86. The molecule has 3 atom stereocenters. The van der Waals surface area contributed by atoms with E-state index in [2.05, 4.69) is 4.98 Å². The Kier molecular flexibility index (Phi) is 4.75. The third-order valence-corrected chi connectivity index (χ3v) is 6.50. The molecule has 2 bridgehead atoms. The van der Waals surface area contributed by atoms with E-state index in [0.29, 0.717) is 12.3 Å². The maximum Gasteiger partial charge on any atom is 0.306 e. The van der Waals surface area contributed by atoms with Crippen LogP contribution in [0, 0.1) is 17.8 Å². The lowest BCUT2D eigenvalue weighted by molar-refractivity contribution is -0.146. The van der Waals surface area contributed by atoms with Gasteiger partial charge in [0.05, 0.1) is 12.8 Å². The Morgan fingerprint density at radius 2 is 2.24 bits per heavy atom. The summed E-state index contributed by atoms with van der Waals surface area (Å²) in [5.74, 6) is 2.91. The molecule has 132 valence electrons. The van der Waals surface area contributed by atoms with Gasteiger partial charge in [-0.1, -0.05) is 18.6 Å². The van der Waals surface area contributed by atoms with Crippen LogP contribution in [0.3, 0.4) is 0 Å². The molecule has 4 rings (SSSR count). The van der Waals surface area contributed by atoms with Crippen LogP contribution in [0.1, 0.15) is 37.8 Å². The fraction of sp³-hybridized carbons (Fsp3) is 0.500. The standard InChI is InChI=1S/C20H23NO3S/c1-23-18-4-2-3-15(9-18)20-21-17(12-25-20)11-24-19(22)10-16-8-13-5-6-14(16)7-13/h2-4,9,12-14,16H,5-8,10-11H2,1H3/t13-,14-,16+/m1/s1. The van der Waals surface area contributed by atoms with Crippen LogP contribution in [0.5, 0.6) is 5.75 Å². The van der Waals surface area contributed by atoms with Gasteiger partial charge in [0.1, 0.15) is 17.4 Å². The van der Waals surface area contributed by atoms with Gasteiger partial charge >= 0.3 is 5.97 Å². The van der Waals surface area contributed by atoms with E-state index in [9.17, 15) is 4.79 Å². The Morgan fingerprint density at radius 1 is 1.32 bits per heavy atom. The Labute approximate surface area is 152 Å². The molecule has 2 saturated carbocycles. The van der Waals surface area contributed by atoms with Gasteiger partial charge < -0.3 is 9.47 Å². The van der Waals surface area contributed by atoms with Crippen LogP contribution in [-0.2, 0) is 16.1 Å². The highest BCUT2D eigenvalue weighted by molar-refractivity contribution is 7.13. The van der Waals surface area contributed by atoms with E-state index in [1.54, 1.807) is 18.4 Å². The third kappa shape index (κ3) is 3.71. The topological polar surface area (TPSA) is 48.4 Å². The van der Waals surface area contributed by atoms with Gasteiger partial charge in [-0.25, -0.2) is 4.98 Å². The van der Waals surface area contributed by atoms with Gasteiger partial charge in [-0.15, -0.1) is 11.3 Å². The van der Waals surface area contributed by atoms with Crippen LogP contribution in [0.4, 0.5) is 0 Å². The van der Waals surface area contributed by atoms with Crippen molar-refractivity contribution in [2.45, 2.75) is 38.7 Å². The first-order valence-corrected chi connectivity index (χ1v) is 9.83. The largest absolute Gasteiger partial charge is 0.497 e. The van der Waals surface area contributed by atoms with E-state index < -0.39 is 0 Å². The molecule has 4 nitrogen and oxygen atoms in total. The van der Waals surface area contributed by atoms with Crippen molar-refractivity contribution < 1.29 is 14.3 Å². The van der Waals surface area contributed by atoms with Gasteiger partial charge in [-0.3, -0.25) is 4.79 Å². The summed E-state index contributed by atoms with van der Waals surface area (Å²) in [6.45, 7) is 0.264. The molecule has 2 aromatic rings. The molecular formula is C20H23NO3S. The molecule has 5 heteroatoms. The van der Waals surface area contributed by atoms with Crippen LogP contribution in [-0.4, -0.2) is 18.1 Å². The van der Waals surface area contributed by atoms with E-state index in [4.69, 9.17) is 9.47 Å². The number of benzene rings is 1. The number of fused-ring (bicyclic) bond motifs is 2. The molecule has 25 heavy (non-hydrogen) atoms. The average molecular weight is 357 g/mol. The summed E-state index contributed by atoms with van der Waals surface area (Å²) < 4.78 is 10.7. The Bertz CT molecular complexity index is 757. The molecular weight excluding hydrogens is 334 g/mol. The number of carbonyl (C=O) groups is 1. The molecule has 0 amide bonds. The van der Waals surface area contributed by atoms with Crippen LogP contribution in [0.15, 0.2) is 29.6 Å². The molecule has 0 saturated heterocycles. The fourth-order valence-corrected chi connectivity index (χ4v) is 5.12. The minimum absolute atomic E-state index is 0.0755. The first-order valence-electron chi connectivity index (χ1n) is 8.95. The van der Waals surface area contributed by atoms with Crippen LogP contribution >= 0.6 is 11.3 Å². The predicted molar refractivity (Wildman–Crippen MR) is 97.5 cm³/mol. The Morgan fingerprint density at radius 3 is 3.00 bits per heavy atom. The number of hydrogen-bond donors (Lipinski definition) is 0. The van der Waals surface area contributed by atoms with Gasteiger partial charge in [0.2, 0.25) is 0 Å². The van der Waals surface area contributed by atoms with Crippen molar-refractivity contribution >= 4 is 17.3 Å². The molecule has 1 aromatic carbocycles. The van der Waals surface area contributed by atoms with Crippen molar-refractivity contribution in [2.24, 2.45) is 17.8 Å². The number of rotatable bonds is 6. The molecule has 0 N–H and O–H groups in total. The Balaban J connectivity index is 1.31. The van der Waals surface area contributed by atoms with Gasteiger partial charge in [-0.2, -0.15) is 0 Å². The average Bonchev–Trinajstić information content (AvgIpc) is 3.37. The smallest absolute Gasteiger partial charge is 0.306 e. The molecule has 2 fully saturated rings. The van der Waals surface area contributed by atoms with Crippen LogP contribution in [0.25, 0.3) is 10.6 Å². The van der Waals surface area contributed by atoms with Crippen molar-refractivity contribution in [3.8, 4) is 16.3 Å². The first kappa shape index (κ1) is 16.6. The number of esters is 1. The number of methoxy groups -OCH3 is 1. The number of thiazole rings is 1. The van der Waals surface area contributed by atoms with Crippen molar-refractivity contribution in [1.29, 1.82) is 0 Å². The quantitative estimate of drug-likeness (QED) is 0.704. The maximum atomic E-state index is 12.1. The van der Waals surface area contributed by atoms with Gasteiger partial charge in [0, 0.05) is 17.4 Å². The van der Waals surface area contributed by atoms with E-state index in [1.165, 1.54) is 25.7 Å². The third-order valence-electron chi connectivity index (χ3n) is 5.56. The zero-order chi connectivity index (χ0) is 17.2.